The van der Waals surface area contributed by atoms with E-state index in [0.29, 0.717) is 0 Å². The topological polar surface area (TPSA) is 55.8 Å². The normalized spacial score (nSPS) is 21.0. The highest BCUT2D eigenvalue weighted by Gasteiger charge is 2.33. The van der Waals surface area contributed by atoms with Gasteiger partial charge in [-0.1, -0.05) is 12.8 Å². The third-order valence-corrected chi connectivity index (χ3v) is 5.38. The average molecular weight is 331 g/mol. The van der Waals surface area contributed by atoms with E-state index in [-0.39, 0.29) is 12.3 Å². The number of aryl methyl sites for hydroxylation is 1. The summed E-state index contributed by atoms with van der Waals surface area (Å²) in [5.41, 5.74) is 2.34. The van der Waals surface area contributed by atoms with Crippen molar-refractivity contribution < 1.29 is 9.90 Å². The van der Waals surface area contributed by atoms with Gasteiger partial charge in [0, 0.05) is 37.6 Å². The van der Waals surface area contributed by atoms with E-state index in [0.717, 1.165) is 63.1 Å². The van der Waals surface area contributed by atoms with Crippen LogP contribution in [0.2, 0.25) is 0 Å². The van der Waals surface area contributed by atoms with Crippen LogP contribution < -0.4 is 10.2 Å². The number of rotatable bonds is 4. The Balaban J connectivity index is 1.61. The standard InChI is InChI=1S/C19H29N3O2/c1-15-13-16(22-11-9-21(2)10-12-22)5-6-17(15)20-18(23)14-19(24)7-3-4-8-19/h5-6,13,24H,3-4,7-12,14H2,1-2H3,(H,20,23). The number of aliphatic hydroxyl groups is 1. The maximum absolute atomic E-state index is 12.3. The Kier molecular flexibility index (Phi) is 5.11. The first-order chi connectivity index (χ1) is 11.5. The van der Waals surface area contributed by atoms with Crippen LogP contribution in [0.15, 0.2) is 18.2 Å². The Morgan fingerprint density at radius 3 is 2.50 bits per heavy atom. The van der Waals surface area contributed by atoms with Gasteiger partial charge in [0.25, 0.3) is 0 Å². The minimum Gasteiger partial charge on any atom is -0.389 e. The van der Waals surface area contributed by atoms with Crippen LogP contribution in [0, 0.1) is 6.92 Å². The fourth-order valence-corrected chi connectivity index (χ4v) is 3.75. The van der Waals surface area contributed by atoms with E-state index in [1.54, 1.807) is 0 Å². The van der Waals surface area contributed by atoms with Crippen molar-refractivity contribution in [2.75, 3.05) is 43.4 Å². The first-order valence-corrected chi connectivity index (χ1v) is 9.02. The summed E-state index contributed by atoms with van der Waals surface area (Å²) < 4.78 is 0. The molecule has 2 N–H and O–H groups in total. The van der Waals surface area contributed by atoms with Gasteiger partial charge in [-0.15, -0.1) is 0 Å². The molecule has 0 aromatic heterocycles. The number of piperazine rings is 1. The molecular weight excluding hydrogens is 302 g/mol. The number of hydrogen-bond donors (Lipinski definition) is 2. The first kappa shape index (κ1) is 17.2. The summed E-state index contributed by atoms with van der Waals surface area (Å²) in [7, 11) is 2.15. The Bertz CT molecular complexity index is 588. The van der Waals surface area contributed by atoms with Crippen LogP contribution in [0.5, 0.6) is 0 Å². The molecule has 1 aliphatic heterocycles. The van der Waals surface area contributed by atoms with Crippen molar-refractivity contribution in [3.63, 3.8) is 0 Å². The molecule has 1 aliphatic carbocycles. The van der Waals surface area contributed by atoms with Crippen LogP contribution in [0.4, 0.5) is 11.4 Å². The lowest BCUT2D eigenvalue weighted by Crippen LogP contribution is -2.44. The predicted octanol–water partition coefficient (Wildman–Crippen LogP) is 2.38. The fraction of sp³-hybridized carbons (Fsp3) is 0.632. The zero-order valence-electron chi connectivity index (χ0n) is 14.8. The van der Waals surface area contributed by atoms with Gasteiger partial charge in [-0.05, 0) is 50.6 Å². The van der Waals surface area contributed by atoms with Crippen LogP contribution in [0.1, 0.15) is 37.7 Å². The highest BCUT2D eigenvalue weighted by molar-refractivity contribution is 5.92. The van der Waals surface area contributed by atoms with Gasteiger partial charge in [0.05, 0.1) is 12.0 Å². The predicted molar refractivity (Wildman–Crippen MR) is 97.6 cm³/mol. The van der Waals surface area contributed by atoms with Crippen molar-refractivity contribution >= 4 is 17.3 Å². The molecule has 0 bridgehead atoms. The van der Waals surface area contributed by atoms with Crippen LogP contribution >= 0.6 is 0 Å². The molecule has 5 nitrogen and oxygen atoms in total. The van der Waals surface area contributed by atoms with Gasteiger partial charge in [0.15, 0.2) is 0 Å². The second-order valence-electron chi connectivity index (χ2n) is 7.45. The summed E-state index contributed by atoms with van der Waals surface area (Å²) in [5, 5.41) is 13.3. The van der Waals surface area contributed by atoms with Crippen LogP contribution in [0.3, 0.4) is 0 Å². The van der Waals surface area contributed by atoms with E-state index in [1.165, 1.54) is 5.69 Å². The number of anilines is 2. The molecule has 1 aromatic rings. The smallest absolute Gasteiger partial charge is 0.227 e. The number of carbonyl (C=O) groups is 1. The molecule has 0 radical (unpaired) electrons. The molecule has 0 unspecified atom stereocenters. The van der Waals surface area contributed by atoms with E-state index in [1.807, 2.05) is 13.0 Å². The summed E-state index contributed by atoms with van der Waals surface area (Å²) in [6.45, 7) is 6.26. The molecule has 1 saturated carbocycles. The fourth-order valence-electron chi connectivity index (χ4n) is 3.75. The van der Waals surface area contributed by atoms with Crippen molar-refractivity contribution in [2.24, 2.45) is 0 Å². The summed E-state index contributed by atoms with van der Waals surface area (Å²) >= 11 is 0. The Labute approximate surface area is 144 Å². The van der Waals surface area contributed by atoms with E-state index in [9.17, 15) is 9.90 Å². The van der Waals surface area contributed by atoms with Crippen LogP contribution in [-0.4, -0.2) is 54.7 Å². The zero-order chi connectivity index (χ0) is 17.2. The number of amides is 1. The number of carbonyl (C=O) groups excluding carboxylic acids is 1. The second kappa shape index (κ2) is 7.11. The molecule has 2 aliphatic rings. The summed E-state index contributed by atoms with van der Waals surface area (Å²) in [5.74, 6) is -0.0881. The van der Waals surface area contributed by atoms with Gasteiger partial charge in [0.1, 0.15) is 0 Å². The monoisotopic (exact) mass is 331 g/mol. The lowest BCUT2D eigenvalue weighted by Gasteiger charge is -2.34. The summed E-state index contributed by atoms with van der Waals surface area (Å²) in [6.07, 6.45) is 3.71. The molecule has 0 spiro atoms. The van der Waals surface area contributed by atoms with Gasteiger partial charge < -0.3 is 20.2 Å². The third kappa shape index (κ3) is 4.08. The van der Waals surface area contributed by atoms with Crippen molar-refractivity contribution in [1.82, 2.24) is 4.90 Å². The molecule has 1 aromatic carbocycles. The van der Waals surface area contributed by atoms with Crippen molar-refractivity contribution in [3.05, 3.63) is 23.8 Å². The lowest BCUT2D eigenvalue weighted by molar-refractivity contribution is -0.120. The Morgan fingerprint density at radius 1 is 1.21 bits per heavy atom. The maximum Gasteiger partial charge on any atom is 0.227 e. The van der Waals surface area contributed by atoms with Gasteiger partial charge in [-0.2, -0.15) is 0 Å². The SMILES string of the molecule is Cc1cc(N2CCN(C)CC2)ccc1NC(=O)CC1(O)CCCC1. The van der Waals surface area contributed by atoms with Crippen molar-refractivity contribution in [1.29, 1.82) is 0 Å². The van der Waals surface area contributed by atoms with E-state index in [4.69, 9.17) is 0 Å². The van der Waals surface area contributed by atoms with E-state index in [2.05, 4.69) is 34.3 Å². The minimum absolute atomic E-state index is 0.0881. The number of nitrogens with zero attached hydrogens (tertiary/aromatic N) is 2. The van der Waals surface area contributed by atoms with Crippen LogP contribution in [0.25, 0.3) is 0 Å². The second-order valence-corrected chi connectivity index (χ2v) is 7.45. The highest BCUT2D eigenvalue weighted by Crippen LogP contribution is 2.33. The number of nitrogens with one attached hydrogen (secondary N) is 1. The molecule has 24 heavy (non-hydrogen) atoms. The number of likely N-dealkylation sites (N-methyl/N-ethyl adjacent to an activating group) is 1. The average Bonchev–Trinajstić information content (AvgIpc) is 2.96. The largest absolute Gasteiger partial charge is 0.389 e. The maximum atomic E-state index is 12.3. The highest BCUT2D eigenvalue weighted by atomic mass is 16.3. The van der Waals surface area contributed by atoms with Crippen molar-refractivity contribution in [2.45, 2.75) is 44.6 Å². The molecule has 3 rings (SSSR count). The number of hydrogen-bond acceptors (Lipinski definition) is 4. The molecule has 1 amide bonds. The van der Waals surface area contributed by atoms with Crippen molar-refractivity contribution in [3.8, 4) is 0 Å². The molecule has 132 valence electrons. The molecule has 0 atom stereocenters. The molecule has 5 heteroatoms. The van der Waals surface area contributed by atoms with Crippen LogP contribution in [-0.2, 0) is 4.79 Å². The lowest BCUT2D eigenvalue weighted by atomic mass is 9.97. The molecule has 1 heterocycles. The van der Waals surface area contributed by atoms with E-state index < -0.39 is 5.60 Å². The Hall–Kier alpha value is -1.59. The van der Waals surface area contributed by atoms with Gasteiger partial charge in [-0.3, -0.25) is 4.79 Å². The Morgan fingerprint density at radius 2 is 1.88 bits per heavy atom. The van der Waals surface area contributed by atoms with Gasteiger partial charge in [-0.25, -0.2) is 0 Å². The molecule has 2 fully saturated rings. The molecule has 1 saturated heterocycles. The van der Waals surface area contributed by atoms with Gasteiger partial charge >= 0.3 is 0 Å². The third-order valence-electron chi connectivity index (χ3n) is 5.38. The zero-order valence-corrected chi connectivity index (χ0v) is 14.8. The number of benzene rings is 1. The minimum atomic E-state index is -0.794. The summed E-state index contributed by atoms with van der Waals surface area (Å²) in [6, 6.07) is 6.21. The molecular formula is C19H29N3O2. The quantitative estimate of drug-likeness (QED) is 0.889. The first-order valence-electron chi connectivity index (χ1n) is 9.02. The van der Waals surface area contributed by atoms with E-state index >= 15 is 0 Å². The van der Waals surface area contributed by atoms with Gasteiger partial charge in [0.2, 0.25) is 5.91 Å². The summed E-state index contributed by atoms with van der Waals surface area (Å²) in [4.78, 5) is 17.0.